The summed E-state index contributed by atoms with van der Waals surface area (Å²) < 4.78 is 18.8. The van der Waals surface area contributed by atoms with Crippen molar-refractivity contribution in [2.45, 2.75) is 44.2 Å². The highest BCUT2D eigenvalue weighted by Gasteiger charge is 2.32. The molecule has 1 aliphatic heterocycles. The lowest BCUT2D eigenvalue weighted by molar-refractivity contribution is 0.0149. The highest BCUT2D eigenvalue weighted by Crippen LogP contribution is 2.41. The molecule has 1 aromatic rings. The highest BCUT2D eigenvalue weighted by molar-refractivity contribution is 5.22. The second-order valence-electron chi connectivity index (χ2n) is 5.76. The third kappa shape index (κ3) is 3.54. The van der Waals surface area contributed by atoms with Crippen LogP contribution in [-0.4, -0.2) is 19.3 Å². The SMILES string of the molecule is Fc1ccc([C@@H](NC[C@@H]2CCCCO2)C2CC2)cc1. The van der Waals surface area contributed by atoms with Crippen LogP contribution in [0.2, 0.25) is 0 Å². The number of nitrogens with one attached hydrogen (secondary N) is 1. The van der Waals surface area contributed by atoms with E-state index in [1.54, 1.807) is 12.1 Å². The fourth-order valence-corrected chi connectivity index (χ4v) is 2.88. The standard InChI is InChI=1S/C16H22FNO/c17-14-8-6-13(7-9-14)16(12-4-5-12)18-11-15-3-1-2-10-19-15/h6-9,12,15-16,18H,1-5,10-11H2/t15-,16-/m0/s1. The lowest BCUT2D eigenvalue weighted by atomic mass is 10.0. The molecule has 19 heavy (non-hydrogen) atoms. The molecule has 3 rings (SSSR count). The minimum absolute atomic E-state index is 0.158. The molecule has 2 fully saturated rings. The lowest BCUT2D eigenvalue weighted by Crippen LogP contribution is -2.34. The van der Waals surface area contributed by atoms with Gasteiger partial charge in [-0.3, -0.25) is 0 Å². The fraction of sp³-hybridized carbons (Fsp3) is 0.625. The van der Waals surface area contributed by atoms with Gasteiger partial charge in [-0.2, -0.15) is 0 Å². The topological polar surface area (TPSA) is 21.3 Å². The van der Waals surface area contributed by atoms with E-state index in [-0.39, 0.29) is 5.82 Å². The Kier molecular flexibility index (Phi) is 4.14. The van der Waals surface area contributed by atoms with Crippen molar-refractivity contribution in [1.29, 1.82) is 0 Å². The average molecular weight is 263 g/mol. The Balaban J connectivity index is 1.59. The molecule has 3 heteroatoms. The van der Waals surface area contributed by atoms with Crippen molar-refractivity contribution in [2.24, 2.45) is 5.92 Å². The third-order valence-corrected chi connectivity index (χ3v) is 4.16. The number of hydrogen-bond donors (Lipinski definition) is 1. The summed E-state index contributed by atoms with van der Waals surface area (Å²) in [5, 5.41) is 3.64. The molecule has 0 aromatic heterocycles. The summed E-state index contributed by atoms with van der Waals surface area (Å²) in [5.74, 6) is 0.558. The molecule has 1 saturated heterocycles. The summed E-state index contributed by atoms with van der Waals surface area (Å²) in [6.07, 6.45) is 6.54. The second-order valence-corrected chi connectivity index (χ2v) is 5.76. The number of ether oxygens (including phenoxy) is 1. The van der Waals surface area contributed by atoms with Crippen molar-refractivity contribution < 1.29 is 9.13 Å². The molecule has 2 atom stereocenters. The fourth-order valence-electron chi connectivity index (χ4n) is 2.88. The van der Waals surface area contributed by atoms with Gasteiger partial charge in [0.1, 0.15) is 5.82 Å². The molecular weight excluding hydrogens is 241 g/mol. The van der Waals surface area contributed by atoms with Crippen molar-refractivity contribution in [3.05, 3.63) is 35.6 Å². The van der Waals surface area contributed by atoms with Crippen LogP contribution < -0.4 is 5.32 Å². The Morgan fingerprint density at radius 3 is 2.58 bits per heavy atom. The summed E-state index contributed by atoms with van der Waals surface area (Å²) in [7, 11) is 0. The zero-order valence-corrected chi connectivity index (χ0v) is 11.3. The van der Waals surface area contributed by atoms with Crippen molar-refractivity contribution in [2.75, 3.05) is 13.2 Å². The van der Waals surface area contributed by atoms with E-state index in [1.165, 1.54) is 31.2 Å². The molecule has 1 aromatic carbocycles. The minimum Gasteiger partial charge on any atom is -0.377 e. The van der Waals surface area contributed by atoms with Crippen LogP contribution in [0.25, 0.3) is 0 Å². The molecule has 0 amide bonds. The van der Waals surface area contributed by atoms with Crippen molar-refractivity contribution >= 4 is 0 Å². The van der Waals surface area contributed by atoms with E-state index in [2.05, 4.69) is 5.32 Å². The van der Waals surface area contributed by atoms with Crippen LogP contribution in [0.3, 0.4) is 0 Å². The van der Waals surface area contributed by atoms with Gasteiger partial charge in [0.2, 0.25) is 0 Å². The molecule has 0 bridgehead atoms. The lowest BCUT2D eigenvalue weighted by Gasteiger charge is -2.26. The Labute approximate surface area is 114 Å². The van der Waals surface area contributed by atoms with Gasteiger partial charge in [-0.25, -0.2) is 4.39 Å². The number of halogens is 1. The second kappa shape index (κ2) is 6.02. The zero-order valence-electron chi connectivity index (χ0n) is 11.3. The molecule has 2 nitrogen and oxygen atoms in total. The minimum atomic E-state index is -0.158. The number of hydrogen-bond acceptors (Lipinski definition) is 2. The smallest absolute Gasteiger partial charge is 0.123 e. The molecule has 2 aliphatic rings. The van der Waals surface area contributed by atoms with Gasteiger partial charge >= 0.3 is 0 Å². The molecule has 1 aliphatic carbocycles. The first-order valence-electron chi connectivity index (χ1n) is 7.43. The van der Waals surface area contributed by atoms with Gasteiger partial charge < -0.3 is 10.1 Å². The van der Waals surface area contributed by atoms with Crippen LogP contribution in [-0.2, 0) is 4.74 Å². The van der Waals surface area contributed by atoms with Crippen LogP contribution in [0.1, 0.15) is 43.7 Å². The summed E-state index contributed by atoms with van der Waals surface area (Å²) in [6, 6.07) is 7.30. The largest absolute Gasteiger partial charge is 0.377 e. The summed E-state index contributed by atoms with van der Waals surface area (Å²) in [6.45, 7) is 1.82. The van der Waals surface area contributed by atoms with E-state index in [4.69, 9.17) is 4.74 Å². The maximum absolute atomic E-state index is 13.0. The van der Waals surface area contributed by atoms with Gasteiger partial charge in [-0.1, -0.05) is 12.1 Å². The average Bonchev–Trinajstić information content (AvgIpc) is 3.27. The maximum Gasteiger partial charge on any atom is 0.123 e. The monoisotopic (exact) mass is 263 g/mol. The molecule has 0 unspecified atom stereocenters. The first-order chi connectivity index (χ1) is 9.33. The summed E-state index contributed by atoms with van der Waals surface area (Å²) >= 11 is 0. The highest BCUT2D eigenvalue weighted by atomic mass is 19.1. The van der Waals surface area contributed by atoms with Crippen LogP contribution in [0.4, 0.5) is 4.39 Å². The van der Waals surface area contributed by atoms with E-state index < -0.39 is 0 Å². The van der Waals surface area contributed by atoms with Gasteiger partial charge in [0.05, 0.1) is 6.10 Å². The summed E-state index contributed by atoms with van der Waals surface area (Å²) in [4.78, 5) is 0. The third-order valence-electron chi connectivity index (χ3n) is 4.16. The Bertz CT molecular complexity index is 396. The van der Waals surface area contributed by atoms with Crippen LogP contribution in [0, 0.1) is 11.7 Å². The van der Waals surface area contributed by atoms with Crippen molar-refractivity contribution in [1.82, 2.24) is 5.32 Å². The van der Waals surface area contributed by atoms with E-state index in [0.29, 0.717) is 18.1 Å². The van der Waals surface area contributed by atoms with Crippen LogP contribution >= 0.6 is 0 Å². The number of benzene rings is 1. The van der Waals surface area contributed by atoms with Gasteiger partial charge in [-0.15, -0.1) is 0 Å². The van der Waals surface area contributed by atoms with Crippen molar-refractivity contribution in [3.8, 4) is 0 Å². The molecule has 1 heterocycles. The van der Waals surface area contributed by atoms with Crippen LogP contribution in [0.5, 0.6) is 0 Å². The van der Waals surface area contributed by atoms with Gasteiger partial charge in [0, 0.05) is 19.2 Å². The van der Waals surface area contributed by atoms with Gasteiger partial charge in [-0.05, 0) is 55.7 Å². The normalized spacial score (nSPS) is 25.2. The van der Waals surface area contributed by atoms with E-state index in [0.717, 1.165) is 19.6 Å². The maximum atomic E-state index is 13.0. The molecule has 1 saturated carbocycles. The first-order valence-corrected chi connectivity index (χ1v) is 7.43. The quantitative estimate of drug-likeness (QED) is 0.878. The van der Waals surface area contributed by atoms with E-state index in [1.807, 2.05) is 12.1 Å². The molecular formula is C16H22FNO. The predicted molar refractivity (Wildman–Crippen MR) is 73.5 cm³/mol. The van der Waals surface area contributed by atoms with E-state index >= 15 is 0 Å². The summed E-state index contributed by atoms with van der Waals surface area (Å²) in [5.41, 5.74) is 1.21. The van der Waals surface area contributed by atoms with Crippen molar-refractivity contribution in [3.63, 3.8) is 0 Å². The molecule has 0 spiro atoms. The zero-order chi connectivity index (χ0) is 13.1. The van der Waals surface area contributed by atoms with Gasteiger partial charge in [0.15, 0.2) is 0 Å². The Morgan fingerprint density at radius 1 is 1.16 bits per heavy atom. The Morgan fingerprint density at radius 2 is 1.95 bits per heavy atom. The predicted octanol–water partition coefficient (Wildman–Crippen LogP) is 3.44. The van der Waals surface area contributed by atoms with Crippen LogP contribution in [0.15, 0.2) is 24.3 Å². The number of rotatable bonds is 5. The first kappa shape index (κ1) is 13.1. The van der Waals surface area contributed by atoms with E-state index in [9.17, 15) is 4.39 Å². The molecule has 1 N–H and O–H groups in total. The van der Waals surface area contributed by atoms with Gasteiger partial charge in [0.25, 0.3) is 0 Å². The Hall–Kier alpha value is -0.930. The molecule has 104 valence electrons. The molecule has 0 radical (unpaired) electrons.